The van der Waals surface area contributed by atoms with Gasteiger partial charge in [-0.3, -0.25) is 0 Å². The molecule has 0 spiro atoms. The Balaban J connectivity index is 2.23. The van der Waals surface area contributed by atoms with Crippen LogP contribution in [0.4, 0.5) is 5.69 Å². The minimum atomic E-state index is 1.13. The normalized spacial score (nSPS) is 13.7. The Morgan fingerprint density at radius 3 is 2.61 bits per heavy atom. The molecule has 0 aliphatic carbocycles. The molecule has 18 heavy (non-hydrogen) atoms. The van der Waals surface area contributed by atoms with Crippen LogP contribution in [0.1, 0.15) is 25.3 Å². The van der Waals surface area contributed by atoms with Gasteiger partial charge in [0.25, 0.3) is 0 Å². The molecular formula is C16H18NS+. The summed E-state index contributed by atoms with van der Waals surface area (Å²) in [5, 5.41) is 4.20. The largest absolute Gasteiger partial charge is 0.248 e. The van der Waals surface area contributed by atoms with E-state index in [1.54, 1.807) is 0 Å². The second-order valence-corrected chi connectivity index (χ2v) is 5.49. The van der Waals surface area contributed by atoms with Gasteiger partial charge in [0.2, 0.25) is 10.7 Å². The minimum Gasteiger partial charge on any atom is -0.186 e. The second-order valence-electron chi connectivity index (χ2n) is 4.70. The number of rotatable bonds is 3. The fourth-order valence-corrected chi connectivity index (χ4v) is 3.54. The molecule has 0 amide bonds. The Bertz CT molecular complexity index is 623. The van der Waals surface area contributed by atoms with Crippen LogP contribution in [0.25, 0.3) is 10.8 Å². The van der Waals surface area contributed by atoms with Crippen molar-refractivity contribution in [2.75, 3.05) is 12.8 Å². The predicted octanol–water partition coefficient (Wildman–Crippen LogP) is 4.41. The summed E-state index contributed by atoms with van der Waals surface area (Å²) in [6.07, 6.45) is 4.66. The fraction of sp³-hybridized carbons (Fsp3) is 0.312. The summed E-state index contributed by atoms with van der Waals surface area (Å²) in [4.78, 5) is 0. The van der Waals surface area contributed by atoms with Crippen molar-refractivity contribution in [1.82, 2.24) is 0 Å². The van der Waals surface area contributed by atoms with Gasteiger partial charge in [-0.25, -0.2) is 0 Å². The number of hydrogen-bond donors (Lipinski definition) is 0. The molecule has 2 heteroatoms. The van der Waals surface area contributed by atoms with Gasteiger partial charge in [-0.1, -0.05) is 49.4 Å². The lowest BCUT2D eigenvalue weighted by molar-refractivity contribution is -0.434. The topological polar surface area (TPSA) is 3.01 Å². The van der Waals surface area contributed by atoms with E-state index in [0.29, 0.717) is 0 Å². The summed E-state index contributed by atoms with van der Waals surface area (Å²) in [5.74, 6) is 0. The predicted molar refractivity (Wildman–Crippen MR) is 81.3 cm³/mol. The van der Waals surface area contributed by atoms with Crippen molar-refractivity contribution < 1.29 is 4.58 Å². The Morgan fingerprint density at radius 1 is 1.11 bits per heavy atom. The molecule has 0 atom stereocenters. The fourth-order valence-electron chi connectivity index (χ4n) is 2.74. The van der Waals surface area contributed by atoms with Crippen molar-refractivity contribution in [2.24, 2.45) is 0 Å². The molecule has 0 N–H and O–H groups in total. The van der Waals surface area contributed by atoms with Crippen LogP contribution < -0.4 is 0 Å². The Morgan fingerprint density at radius 2 is 1.89 bits per heavy atom. The maximum atomic E-state index is 2.49. The monoisotopic (exact) mass is 256 g/mol. The van der Waals surface area contributed by atoms with Crippen molar-refractivity contribution in [1.29, 1.82) is 0 Å². The third kappa shape index (κ3) is 1.67. The molecule has 0 radical (unpaired) electrons. The lowest BCUT2D eigenvalue weighted by Crippen LogP contribution is -2.12. The minimum absolute atomic E-state index is 1.13. The van der Waals surface area contributed by atoms with E-state index in [1.165, 1.54) is 39.9 Å². The lowest BCUT2D eigenvalue weighted by atomic mass is 10.1. The van der Waals surface area contributed by atoms with Gasteiger partial charge >= 0.3 is 0 Å². The first-order chi connectivity index (χ1) is 8.86. The van der Waals surface area contributed by atoms with Crippen molar-refractivity contribution in [3.05, 3.63) is 42.0 Å². The molecule has 0 bridgehead atoms. The average molecular weight is 256 g/mol. The first-order valence-electron chi connectivity index (χ1n) is 6.57. The molecule has 0 saturated carbocycles. The van der Waals surface area contributed by atoms with E-state index < -0.39 is 0 Å². The molecule has 1 nitrogen and oxygen atoms in total. The molecule has 0 saturated heterocycles. The Hall–Kier alpha value is -1.28. The molecule has 2 aromatic rings. The highest BCUT2D eigenvalue weighted by molar-refractivity contribution is 8.13. The molecule has 0 fully saturated rings. The van der Waals surface area contributed by atoms with Gasteiger partial charge in [0, 0.05) is 12.5 Å². The number of nitrogens with zero attached hydrogens (tertiary/aromatic N) is 1. The molecule has 1 aliphatic rings. The molecule has 2 aromatic carbocycles. The van der Waals surface area contributed by atoms with E-state index in [0.717, 1.165) is 6.54 Å². The van der Waals surface area contributed by atoms with E-state index in [4.69, 9.17) is 0 Å². The van der Waals surface area contributed by atoms with Crippen molar-refractivity contribution in [3.63, 3.8) is 0 Å². The van der Waals surface area contributed by atoms with Crippen molar-refractivity contribution in [2.45, 2.75) is 19.8 Å². The first kappa shape index (κ1) is 11.8. The number of thioether (sulfide) groups is 1. The highest BCUT2D eigenvalue weighted by atomic mass is 32.2. The van der Waals surface area contributed by atoms with Gasteiger partial charge in [-0.2, -0.15) is 4.58 Å². The van der Waals surface area contributed by atoms with Gasteiger partial charge in [-0.05, 0) is 17.7 Å². The summed E-state index contributed by atoms with van der Waals surface area (Å²) in [6, 6.07) is 13.3. The molecule has 3 rings (SSSR count). The molecule has 1 heterocycles. The number of benzene rings is 2. The van der Waals surface area contributed by atoms with E-state index in [1.807, 2.05) is 11.8 Å². The quantitative estimate of drug-likeness (QED) is 0.735. The Labute approximate surface area is 113 Å². The lowest BCUT2D eigenvalue weighted by Gasteiger charge is -2.01. The summed E-state index contributed by atoms with van der Waals surface area (Å²) in [6.45, 7) is 3.38. The van der Waals surface area contributed by atoms with Gasteiger partial charge in [0.1, 0.15) is 6.54 Å². The van der Waals surface area contributed by atoms with Crippen LogP contribution in [0.5, 0.6) is 0 Å². The zero-order valence-electron chi connectivity index (χ0n) is 10.9. The van der Waals surface area contributed by atoms with E-state index >= 15 is 0 Å². The smallest absolute Gasteiger partial charge is 0.186 e. The highest BCUT2D eigenvalue weighted by Gasteiger charge is 2.30. The Kier molecular flexibility index (Phi) is 3.13. The van der Waals surface area contributed by atoms with Gasteiger partial charge < -0.3 is 0 Å². The zero-order valence-corrected chi connectivity index (χ0v) is 11.8. The standard InChI is InChI=1S/C16H18NS/c1-3-4-11-17-14-10-6-8-12-7-5-9-13(15(12)14)16(17)18-2/h5-10H,3-4,11H2,1-2H3/q+1. The maximum Gasteiger partial charge on any atom is 0.248 e. The summed E-state index contributed by atoms with van der Waals surface area (Å²) in [7, 11) is 0. The highest BCUT2D eigenvalue weighted by Crippen LogP contribution is 2.37. The molecular weight excluding hydrogens is 238 g/mol. The van der Waals surface area contributed by atoms with Gasteiger partial charge in [0.05, 0.1) is 10.9 Å². The van der Waals surface area contributed by atoms with Crippen molar-refractivity contribution in [3.8, 4) is 0 Å². The SMILES string of the molecule is CCCC[N+]1=C(SC)c2cccc3cccc1c23. The first-order valence-corrected chi connectivity index (χ1v) is 7.80. The van der Waals surface area contributed by atoms with Gasteiger partial charge in [0.15, 0.2) is 0 Å². The third-order valence-corrected chi connectivity index (χ3v) is 4.40. The molecule has 1 aliphatic heterocycles. The number of unbranched alkanes of at least 4 members (excludes halogenated alkanes) is 1. The van der Waals surface area contributed by atoms with Crippen LogP contribution in [-0.4, -0.2) is 22.4 Å². The van der Waals surface area contributed by atoms with Crippen LogP contribution in [0, 0.1) is 0 Å². The molecule has 0 aromatic heterocycles. The summed E-state index contributed by atoms with van der Waals surface area (Å²) < 4.78 is 2.49. The third-order valence-electron chi connectivity index (χ3n) is 3.58. The van der Waals surface area contributed by atoms with Crippen LogP contribution in [0.2, 0.25) is 0 Å². The van der Waals surface area contributed by atoms with Gasteiger partial charge in [-0.15, -0.1) is 0 Å². The van der Waals surface area contributed by atoms with E-state index in [-0.39, 0.29) is 0 Å². The van der Waals surface area contributed by atoms with Crippen LogP contribution >= 0.6 is 11.8 Å². The average Bonchev–Trinajstić information content (AvgIpc) is 2.72. The van der Waals surface area contributed by atoms with E-state index in [9.17, 15) is 0 Å². The summed E-state index contributed by atoms with van der Waals surface area (Å²) >= 11 is 1.86. The number of hydrogen-bond acceptors (Lipinski definition) is 1. The van der Waals surface area contributed by atoms with E-state index in [2.05, 4.69) is 54.2 Å². The van der Waals surface area contributed by atoms with Crippen LogP contribution in [0.15, 0.2) is 36.4 Å². The van der Waals surface area contributed by atoms with Crippen LogP contribution in [-0.2, 0) is 0 Å². The second kappa shape index (κ2) is 4.77. The molecule has 92 valence electrons. The molecule has 0 unspecified atom stereocenters. The maximum absolute atomic E-state index is 2.49. The summed E-state index contributed by atoms with van der Waals surface area (Å²) in [5.41, 5.74) is 2.80. The van der Waals surface area contributed by atoms with Crippen molar-refractivity contribution >= 4 is 33.3 Å². The van der Waals surface area contributed by atoms with Crippen LogP contribution in [0.3, 0.4) is 0 Å². The zero-order chi connectivity index (χ0) is 12.5.